The van der Waals surface area contributed by atoms with Crippen LogP contribution in [0.4, 0.5) is 0 Å². The molecule has 0 aliphatic heterocycles. The van der Waals surface area contributed by atoms with E-state index in [9.17, 15) is 4.91 Å². The van der Waals surface area contributed by atoms with E-state index in [0.29, 0.717) is 6.54 Å². The van der Waals surface area contributed by atoms with Crippen molar-refractivity contribution in [3.05, 3.63) is 4.91 Å². The van der Waals surface area contributed by atoms with Crippen molar-refractivity contribution in [2.75, 3.05) is 6.54 Å². The Labute approximate surface area is 133 Å². The Balaban J connectivity index is 2.95. The summed E-state index contributed by atoms with van der Waals surface area (Å²) in [6.45, 7) is 5.16. The second kappa shape index (κ2) is 17.7. The van der Waals surface area contributed by atoms with Crippen LogP contribution in [-0.2, 0) is 0 Å². The molecule has 0 radical (unpaired) electrons. The van der Waals surface area contributed by atoms with Gasteiger partial charge in [0.1, 0.15) is 0 Å². The molecule has 0 fully saturated rings. The summed E-state index contributed by atoms with van der Waals surface area (Å²) in [5, 5.41) is 2.89. The average molecular weight is 298 g/mol. The topological polar surface area (TPSA) is 29.4 Å². The zero-order chi connectivity index (χ0) is 15.6. The van der Waals surface area contributed by atoms with Gasteiger partial charge >= 0.3 is 0 Å². The Morgan fingerprint density at radius 3 is 1.24 bits per heavy atom. The van der Waals surface area contributed by atoms with E-state index in [-0.39, 0.29) is 0 Å². The summed E-state index contributed by atoms with van der Waals surface area (Å²) in [5.41, 5.74) is 0. The van der Waals surface area contributed by atoms with Crippen LogP contribution in [0.1, 0.15) is 110 Å². The summed E-state index contributed by atoms with van der Waals surface area (Å²) in [7, 11) is 0. The van der Waals surface area contributed by atoms with Gasteiger partial charge in [-0.25, -0.2) is 0 Å². The van der Waals surface area contributed by atoms with Crippen LogP contribution in [0.25, 0.3) is 0 Å². The number of rotatable bonds is 17. The lowest BCUT2D eigenvalue weighted by atomic mass is 10.0. The molecule has 0 saturated carbocycles. The van der Waals surface area contributed by atoms with Crippen LogP contribution in [0, 0.1) is 10.8 Å². The monoisotopic (exact) mass is 297 g/mol. The predicted octanol–water partition coefficient (Wildman–Crippen LogP) is 7.26. The van der Waals surface area contributed by atoms with E-state index in [1.807, 2.05) is 0 Å². The van der Waals surface area contributed by atoms with E-state index in [1.54, 1.807) is 0 Å². The van der Waals surface area contributed by atoms with E-state index in [1.165, 1.54) is 89.9 Å². The molecule has 0 spiro atoms. The first-order valence-electron chi connectivity index (χ1n) is 9.56. The van der Waals surface area contributed by atoms with Crippen LogP contribution in [0.3, 0.4) is 0 Å². The molecule has 0 aromatic heterocycles. The molecule has 2 heteroatoms. The van der Waals surface area contributed by atoms with Gasteiger partial charge in [-0.15, -0.1) is 0 Å². The van der Waals surface area contributed by atoms with E-state index in [0.717, 1.165) is 12.3 Å². The summed E-state index contributed by atoms with van der Waals surface area (Å²) in [5.74, 6) is 0.881. The highest BCUT2D eigenvalue weighted by molar-refractivity contribution is 4.51. The summed E-state index contributed by atoms with van der Waals surface area (Å²) in [4.78, 5) is 9.92. The molecule has 0 heterocycles. The molecule has 0 aliphatic rings. The van der Waals surface area contributed by atoms with Gasteiger partial charge in [0.05, 0.1) is 6.54 Å². The first-order chi connectivity index (χ1) is 10.3. The quantitative estimate of drug-likeness (QED) is 0.205. The minimum Gasteiger partial charge on any atom is -0.151 e. The van der Waals surface area contributed by atoms with E-state index in [4.69, 9.17) is 0 Å². The Morgan fingerprint density at radius 2 is 0.905 bits per heavy atom. The van der Waals surface area contributed by atoms with Crippen LogP contribution in [0.15, 0.2) is 5.18 Å². The zero-order valence-corrected chi connectivity index (χ0v) is 14.7. The van der Waals surface area contributed by atoms with Gasteiger partial charge in [-0.1, -0.05) is 109 Å². The lowest BCUT2D eigenvalue weighted by Gasteiger charge is -2.04. The smallest absolute Gasteiger partial charge is 0.0811 e. The Kier molecular flexibility index (Phi) is 17.3. The fourth-order valence-corrected chi connectivity index (χ4v) is 2.85. The molecular weight excluding hydrogens is 258 g/mol. The van der Waals surface area contributed by atoms with Gasteiger partial charge in [-0.2, -0.15) is 4.91 Å². The maximum absolute atomic E-state index is 9.92. The van der Waals surface area contributed by atoms with E-state index < -0.39 is 0 Å². The van der Waals surface area contributed by atoms with Crippen molar-refractivity contribution in [3.63, 3.8) is 0 Å². The lowest BCUT2D eigenvalue weighted by molar-refractivity contribution is 0.502. The van der Waals surface area contributed by atoms with Crippen molar-refractivity contribution in [3.8, 4) is 0 Å². The molecular formula is C19H39NO. The van der Waals surface area contributed by atoms with Gasteiger partial charge in [0.2, 0.25) is 0 Å². The molecule has 2 nitrogen and oxygen atoms in total. The molecule has 0 aromatic rings. The molecule has 0 N–H and O–H groups in total. The summed E-state index contributed by atoms with van der Waals surface area (Å²) in [6, 6.07) is 0. The SMILES string of the molecule is CC(C)CCCCCCCCCCCCCCCCN=O. The van der Waals surface area contributed by atoms with Crippen molar-refractivity contribution in [2.45, 2.75) is 110 Å². The van der Waals surface area contributed by atoms with Crippen molar-refractivity contribution in [1.29, 1.82) is 0 Å². The fourth-order valence-electron chi connectivity index (χ4n) is 2.85. The van der Waals surface area contributed by atoms with E-state index >= 15 is 0 Å². The third kappa shape index (κ3) is 19.6. The Morgan fingerprint density at radius 1 is 0.571 bits per heavy atom. The minimum absolute atomic E-state index is 0.511. The van der Waals surface area contributed by atoms with Gasteiger partial charge in [0, 0.05) is 0 Å². The van der Waals surface area contributed by atoms with Gasteiger partial charge in [0.25, 0.3) is 0 Å². The first-order valence-corrected chi connectivity index (χ1v) is 9.56. The van der Waals surface area contributed by atoms with Crippen LogP contribution >= 0.6 is 0 Å². The normalized spacial score (nSPS) is 11.2. The molecule has 0 atom stereocenters. The van der Waals surface area contributed by atoms with Crippen LogP contribution in [0.5, 0.6) is 0 Å². The summed E-state index contributed by atoms with van der Waals surface area (Å²) < 4.78 is 0. The number of nitroso groups, excluding NO2 is 1. The second-order valence-corrected chi connectivity index (χ2v) is 6.98. The van der Waals surface area contributed by atoms with Crippen LogP contribution in [0.2, 0.25) is 0 Å². The number of unbranched alkanes of at least 4 members (excludes halogenated alkanes) is 13. The van der Waals surface area contributed by atoms with E-state index in [2.05, 4.69) is 19.0 Å². The predicted molar refractivity (Wildman–Crippen MR) is 94.8 cm³/mol. The van der Waals surface area contributed by atoms with Crippen molar-refractivity contribution in [1.82, 2.24) is 0 Å². The minimum atomic E-state index is 0.511. The largest absolute Gasteiger partial charge is 0.151 e. The second-order valence-electron chi connectivity index (χ2n) is 6.98. The number of hydrogen-bond donors (Lipinski definition) is 0. The first kappa shape index (κ1) is 20.6. The molecule has 0 aromatic carbocycles. The Bertz CT molecular complexity index is 204. The van der Waals surface area contributed by atoms with Gasteiger partial charge < -0.3 is 0 Å². The van der Waals surface area contributed by atoms with Crippen LogP contribution in [-0.4, -0.2) is 6.54 Å². The fraction of sp³-hybridized carbons (Fsp3) is 1.00. The molecule has 0 aliphatic carbocycles. The zero-order valence-electron chi connectivity index (χ0n) is 14.7. The molecule has 0 saturated heterocycles. The highest BCUT2D eigenvalue weighted by Crippen LogP contribution is 2.14. The molecule has 126 valence electrons. The molecule has 0 unspecified atom stereocenters. The van der Waals surface area contributed by atoms with Crippen molar-refractivity contribution >= 4 is 0 Å². The molecule has 21 heavy (non-hydrogen) atoms. The number of hydrogen-bond acceptors (Lipinski definition) is 2. The molecule has 0 amide bonds. The summed E-state index contributed by atoms with van der Waals surface area (Å²) >= 11 is 0. The third-order valence-corrected chi connectivity index (χ3v) is 4.28. The highest BCUT2D eigenvalue weighted by atomic mass is 16.3. The van der Waals surface area contributed by atoms with Gasteiger partial charge in [-0.05, 0) is 12.3 Å². The third-order valence-electron chi connectivity index (χ3n) is 4.28. The van der Waals surface area contributed by atoms with Crippen molar-refractivity contribution < 1.29 is 0 Å². The van der Waals surface area contributed by atoms with Gasteiger partial charge in [-0.3, -0.25) is 0 Å². The van der Waals surface area contributed by atoms with Crippen LogP contribution < -0.4 is 0 Å². The standard InChI is InChI=1S/C19H39NO/c1-19(2)17-15-13-11-9-7-5-3-4-6-8-10-12-14-16-18-20-21/h19H,3-18H2,1-2H3. The maximum Gasteiger partial charge on any atom is 0.0811 e. The van der Waals surface area contributed by atoms with Gasteiger partial charge in [0.15, 0.2) is 0 Å². The van der Waals surface area contributed by atoms with Crippen molar-refractivity contribution in [2.24, 2.45) is 11.1 Å². The molecule has 0 rings (SSSR count). The molecule has 0 bridgehead atoms. The summed E-state index contributed by atoms with van der Waals surface area (Å²) in [6.07, 6.45) is 20.5. The average Bonchev–Trinajstić information content (AvgIpc) is 2.46. The number of nitrogens with zero attached hydrogens (tertiary/aromatic N) is 1. The Hall–Kier alpha value is -0.400. The maximum atomic E-state index is 9.92. The highest BCUT2D eigenvalue weighted by Gasteiger charge is 1.96. The lowest BCUT2D eigenvalue weighted by Crippen LogP contribution is -1.87.